The minimum Gasteiger partial charge on any atom is -0.461 e. The molecule has 7 nitrogen and oxygen atoms in total. The molecular weight excluding hydrogens is 430 g/mol. The summed E-state index contributed by atoms with van der Waals surface area (Å²) in [6, 6.07) is 12.0. The van der Waals surface area contributed by atoms with Gasteiger partial charge in [-0.3, -0.25) is 9.36 Å². The molecule has 0 bridgehead atoms. The lowest BCUT2D eigenvalue weighted by Crippen LogP contribution is -2.39. The maximum absolute atomic E-state index is 12.8. The summed E-state index contributed by atoms with van der Waals surface area (Å²) < 4.78 is 8.67. The fraction of sp³-hybridized carbons (Fsp3) is 0.364. The van der Waals surface area contributed by atoms with Crippen LogP contribution >= 0.6 is 23.1 Å². The van der Waals surface area contributed by atoms with Crippen molar-refractivity contribution in [3.05, 3.63) is 47.7 Å². The van der Waals surface area contributed by atoms with Gasteiger partial charge in [0.05, 0.1) is 27.2 Å². The largest absolute Gasteiger partial charge is 0.461 e. The van der Waals surface area contributed by atoms with E-state index >= 15 is 0 Å². The monoisotopic (exact) mass is 453 g/mol. The van der Waals surface area contributed by atoms with Gasteiger partial charge in [0.15, 0.2) is 16.7 Å². The van der Waals surface area contributed by atoms with Crippen LogP contribution in [0, 0.1) is 0 Å². The number of hydrogen-bond acceptors (Lipinski definition) is 7. The number of aromatic nitrogens is 4. The molecule has 0 spiro atoms. The highest BCUT2D eigenvalue weighted by Gasteiger charge is 2.26. The van der Waals surface area contributed by atoms with Crippen LogP contribution in [-0.4, -0.2) is 49.4 Å². The molecule has 9 heteroatoms. The van der Waals surface area contributed by atoms with E-state index in [9.17, 15) is 4.79 Å². The molecule has 1 fully saturated rings. The van der Waals surface area contributed by atoms with Gasteiger partial charge in [-0.25, -0.2) is 4.98 Å². The van der Waals surface area contributed by atoms with Crippen molar-refractivity contribution in [2.24, 2.45) is 0 Å². The second-order valence-corrected chi connectivity index (χ2v) is 9.50. The van der Waals surface area contributed by atoms with Crippen LogP contribution in [0.15, 0.2) is 52.2 Å². The van der Waals surface area contributed by atoms with Crippen molar-refractivity contribution in [2.75, 3.05) is 18.8 Å². The predicted molar refractivity (Wildman–Crippen MR) is 122 cm³/mol. The standard InChI is InChI=1S/C22H23N5O2S2/c1-2-27-20(17-7-5-13-29-17)24-25-22(27)30-14-19(28)26-11-9-15(10-12-26)21-23-16-6-3-4-8-18(16)31-21/h3-8,13,15H,2,9-12,14H2,1H3. The summed E-state index contributed by atoms with van der Waals surface area (Å²) >= 11 is 3.22. The molecule has 31 heavy (non-hydrogen) atoms. The molecule has 4 aromatic rings. The number of likely N-dealkylation sites (tertiary alicyclic amines) is 1. The third kappa shape index (κ3) is 4.12. The molecule has 160 valence electrons. The van der Waals surface area contributed by atoms with Crippen molar-refractivity contribution in [1.82, 2.24) is 24.6 Å². The summed E-state index contributed by atoms with van der Waals surface area (Å²) in [5.41, 5.74) is 1.08. The van der Waals surface area contributed by atoms with Crippen molar-refractivity contribution in [1.29, 1.82) is 0 Å². The maximum atomic E-state index is 12.8. The fourth-order valence-electron chi connectivity index (χ4n) is 3.93. The Morgan fingerprint density at radius 3 is 2.77 bits per heavy atom. The average molecular weight is 454 g/mol. The summed E-state index contributed by atoms with van der Waals surface area (Å²) in [5, 5.41) is 10.5. The zero-order chi connectivity index (χ0) is 21.2. The fourth-order valence-corrected chi connectivity index (χ4v) is 5.97. The topological polar surface area (TPSA) is 77.1 Å². The number of furan rings is 1. The number of fused-ring (bicyclic) bond motifs is 1. The number of hydrogen-bond donors (Lipinski definition) is 0. The third-order valence-electron chi connectivity index (χ3n) is 5.61. The van der Waals surface area contributed by atoms with Crippen molar-refractivity contribution in [2.45, 2.75) is 37.4 Å². The first-order valence-corrected chi connectivity index (χ1v) is 12.3. The van der Waals surface area contributed by atoms with Gasteiger partial charge in [0.25, 0.3) is 0 Å². The number of para-hydroxylation sites is 1. The molecule has 3 aromatic heterocycles. The summed E-state index contributed by atoms with van der Waals surface area (Å²) in [6.07, 6.45) is 3.55. The molecule has 0 aliphatic carbocycles. The minimum atomic E-state index is 0.151. The summed E-state index contributed by atoms with van der Waals surface area (Å²) in [7, 11) is 0. The molecule has 4 heterocycles. The van der Waals surface area contributed by atoms with Gasteiger partial charge in [-0.2, -0.15) is 0 Å². The van der Waals surface area contributed by atoms with E-state index in [1.165, 1.54) is 21.5 Å². The van der Waals surface area contributed by atoms with Crippen molar-refractivity contribution < 1.29 is 9.21 Å². The Balaban J connectivity index is 1.18. The highest BCUT2D eigenvalue weighted by Crippen LogP contribution is 2.34. The van der Waals surface area contributed by atoms with Crippen LogP contribution in [0.5, 0.6) is 0 Å². The Bertz CT molecular complexity index is 1140. The van der Waals surface area contributed by atoms with E-state index in [0.29, 0.717) is 29.8 Å². The van der Waals surface area contributed by atoms with Gasteiger partial charge < -0.3 is 9.32 Å². The molecule has 0 N–H and O–H groups in total. The lowest BCUT2D eigenvalue weighted by Gasteiger charge is -2.31. The van der Waals surface area contributed by atoms with Gasteiger partial charge in [-0.1, -0.05) is 23.9 Å². The van der Waals surface area contributed by atoms with Crippen LogP contribution in [0.3, 0.4) is 0 Å². The molecule has 1 saturated heterocycles. The summed E-state index contributed by atoms with van der Waals surface area (Å²) in [5.74, 6) is 2.33. The number of carbonyl (C=O) groups excluding carboxylic acids is 1. The normalized spacial score (nSPS) is 15.1. The maximum Gasteiger partial charge on any atom is 0.233 e. The first-order chi connectivity index (χ1) is 15.2. The first-order valence-electron chi connectivity index (χ1n) is 10.5. The summed E-state index contributed by atoms with van der Waals surface area (Å²) in [4.78, 5) is 19.6. The lowest BCUT2D eigenvalue weighted by atomic mass is 9.97. The van der Waals surface area contributed by atoms with Crippen molar-refractivity contribution in [3.63, 3.8) is 0 Å². The molecule has 1 amide bonds. The van der Waals surface area contributed by atoms with Crippen molar-refractivity contribution >= 4 is 39.2 Å². The average Bonchev–Trinajstić information content (AvgIpc) is 3.56. The van der Waals surface area contributed by atoms with E-state index in [1.807, 2.05) is 34.6 Å². The van der Waals surface area contributed by atoms with Gasteiger partial charge in [0, 0.05) is 25.6 Å². The number of benzene rings is 1. The van der Waals surface area contributed by atoms with Crippen molar-refractivity contribution in [3.8, 4) is 11.6 Å². The van der Waals surface area contributed by atoms with Gasteiger partial charge in [0.1, 0.15) is 0 Å². The number of thiazole rings is 1. The molecule has 1 aliphatic heterocycles. The number of nitrogens with zero attached hydrogens (tertiary/aromatic N) is 5. The minimum absolute atomic E-state index is 0.151. The predicted octanol–water partition coefficient (Wildman–Crippen LogP) is 4.67. The van der Waals surface area contributed by atoms with Crippen LogP contribution < -0.4 is 0 Å². The van der Waals surface area contributed by atoms with E-state index in [0.717, 1.165) is 36.6 Å². The van der Waals surface area contributed by atoms with E-state index < -0.39 is 0 Å². The van der Waals surface area contributed by atoms with Crippen LogP contribution in [-0.2, 0) is 11.3 Å². The van der Waals surface area contributed by atoms with Gasteiger partial charge in [0.2, 0.25) is 5.91 Å². The van der Waals surface area contributed by atoms with E-state index in [1.54, 1.807) is 17.6 Å². The van der Waals surface area contributed by atoms with Gasteiger partial charge in [-0.15, -0.1) is 21.5 Å². The van der Waals surface area contributed by atoms with Crippen LogP contribution in [0.1, 0.15) is 30.7 Å². The third-order valence-corrected chi connectivity index (χ3v) is 7.76. The van der Waals surface area contributed by atoms with Gasteiger partial charge >= 0.3 is 0 Å². The Hall–Kier alpha value is -2.65. The second-order valence-electron chi connectivity index (χ2n) is 7.49. The van der Waals surface area contributed by atoms with E-state index in [2.05, 4.69) is 28.4 Å². The van der Waals surface area contributed by atoms with Gasteiger partial charge in [-0.05, 0) is 44.0 Å². The number of amides is 1. The smallest absolute Gasteiger partial charge is 0.233 e. The molecule has 1 aromatic carbocycles. The van der Waals surface area contributed by atoms with Crippen LogP contribution in [0.2, 0.25) is 0 Å². The zero-order valence-corrected chi connectivity index (χ0v) is 18.9. The molecule has 0 unspecified atom stereocenters. The molecule has 0 saturated carbocycles. The number of piperidine rings is 1. The second kappa shape index (κ2) is 8.84. The zero-order valence-electron chi connectivity index (χ0n) is 17.2. The van der Waals surface area contributed by atoms with E-state index in [4.69, 9.17) is 9.40 Å². The molecule has 1 aliphatic rings. The molecule has 5 rings (SSSR count). The number of thioether (sulfide) groups is 1. The van der Waals surface area contributed by atoms with E-state index in [-0.39, 0.29) is 5.91 Å². The Morgan fingerprint density at radius 1 is 1.19 bits per heavy atom. The highest BCUT2D eigenvalue weighted by atomic mass is 32.2. The Morgan fingerprint density at radius 2 is 2.03 bits per heavy atom. The van der Waals surface area contributed by atoms with Crippen LogP contribution in [0.4, 0.5) is 0 Å². The van der Waals surface area contributed by atoms with Crippen LogP contribution in [0.25, 0.3) is 21.8 Å². The molecule has 0 radical (unpaired) electrons. The molecule has 0 atom stereocenters. The Labute approximate surface area is 188 Å². The summed E-state index contributed by atoms with van der Waals surface area (Å²) in [6.45, 7) is 4.30. The highest BCUT2D eigenvalue weighted by molar-refractivity contribution is 7.99. The SMILES string of the molecule is CCn1c(SCC(=O)N2CCC(c3nc4ccccc4s3)CC2)nnc1-c1ccco1. The first kappa shape index (κ1) is 20.3. The Kier molecular flexibility index (Phi) is 5.78. The number of rotatable bonds is 6. The lowest BCUT2D eigenvalue weighted by molar-refractivity contribution is -0.129. The quantitative estimate of drug-likeness (QED) is 0.395. The number of carbonyl (C=O) groups is 1. The molecular formula is C22H23N5O2S2.